The molecule has 2 atom stereocenters. The number of hydrogen-bond donors (Lipinski definition) is 0. The van der Waals surface area contributed by atoms with E-state index in [1.165, 1.54) is 7.11 Å². The van der Waals surface area contributed by atoms with Gasteiger partial charge >= 0.3 is 11.9 Å². The quantitative estimate of drug-likeness (QED) is 0.210. The van der Waals surface area contributed by atoms with E-state index in [1.807, 2.05) is 44.7 Å². The maximum absolute atomic E-state index is 12.3. The number of methoxy groups -OCH3 is 1. The van der Waals surface area contributed by atoms with Crippen molar-refractivity contribution < 1.29 is 28.5 Å². The molecule has 2 rings (SSSR count). The second-order valence-electron chi connectivity index (χ2n) is 10.7. The normalized spacial score (nSPS) is 19.3. The van der Waals surface area contributed by atoms with Gasteiger partial charge in [-0.15, -0.1) is 0 Å². The molecule has 0 aromatic heterocycles. The van der Waals surface area contributed by atoms with Gasteiger partial charge in [-0.2, -0.15) is 0 Å². The number of fused-ring (bicyclic) bond motifs is 1. The molecular weight excluding hydrogens is 424 g/mol. The molecule has 0 radical (unpaired) electrons. The molecule has 2 aliphatic rings. The van der Waals surface area contributed by atoms with Crippen LogP contribution in [0.2, 0.25) is 25.7 Å². The first kappa shape index (κ1) is 26.2. The summed E-state index contributed by atoms with van der Waals surface area (Å²) in [6.45, 7) is 15.6. The average molecular weight is 464 g/mol. The molecule has 0 fully saturated rings. The number of ether oxygens (including phenoxy) is 3. The van der Waals surface area contributed by atoms with Gasteiger partial charge in [0.05, 0.1) is 26.1 Å². The van der Waals surface area contributed by atoms with Crippen molar-refractivity contribution in [3.63, 3.8) is 0 Å². The first-order chi connectivity index (χ1) is 14.8. The van der Waals surface area contributed by atoms with E-state index in [2.05, 4.69) is 30.8 Å². The Kier molecular flexibility index (Phi) is 8.76. The van der Waals surface area contributed by atoms with Crippen LogP contribution in [0.4, 0.5) is 0 Å². The van der Waals surface area contributed by atoms with Crippen LogP contribution in [0.25, 0.3) is 0 Å². The molecule has 0 saturated carbocycles. The SMILES string of the molecule is COC(=O)C(CC(=O)OC(C)(C)C)CC1=CC2C=[N+](COCC[Si](C)(C)C)N=C2C(C)=C1. The Bertz CT molecular complexity index is 843. The van der Waals surface area contributed by atoms with E-state index >= 15 is 0 Å². The first-order valence-corrected chi connectivity index (χ1v) is 14.9. The third-order valence-electron chi connectivity index (χ3n) is 5.15. The number of hydrogen-bond acceptors (Lipinski definition) is 6. The molecule has 7 nitrogen and oxygen atoms in total. The molecule has 1 heterocycles. The maximum atomic E-state index is 12.3. The van der Waals surface area contributed by atoms with Crippen molar-refractivity contribution in [3.8, 4) is 0 Å². The van der Waals surface area contributed by atoms with Gasteiger partial charge in [-0.3, -0.25) is 9.59 Å². The Morgan fingerprint density at radius 3 is 2.53 bits per heavy atom. The zero-order valence-electron chi connectivity index (χ0n) is 20.9. The monoisotopic (exact) mass is 463 g/mol. The van der Waals surface area contributed by atoms with Gasteiger partial charge in [0.15, 0.2) is 6.21 Å². The molecule has 0 saturated heterocycles. The summed E-state index contributed by atoms with van der Waals surface area (Å²) in [6.07, 6.45) is 6.57. The molecular formula is C24H39N2O5Si+. The fourth-order valence-electron chi connectivity index (χ4n) is 3.60. The highest BCUT2D eigenvalue weighted by molar-refractivity contribution is 6.76. The summed E-state index contributed by atoms with van der Waals surface area (Å²) in [6, 6.07) is 1.12. The van der Waals surface area contributed by atoms with Crippen LogP contribution in [0.5, 0.6) is 0 Å². The lowest BCUT2D eigenvalue weighted by molar-refractivity contribution is -0.567. The largest absolute Gasteiger partial charge is 0.469 e. The fraction of sp³-hybridized carbons (Fsp3) is 0.667. The molecule has 1 aliphatic carbocycles. The molecule has 32 heavy (non-hydrogen) atoms. The lowest BCUT2D eigenvalue weighted by atomic mass is 9.85. The number of carbonyl (C=O) groups excluding carboxylic acids is 2. The van der Waals surface area contributed by atoms with Gasteiger partial charge < -0.3 is 14.2 Å². The maximum Gasteiger partial charge on any atom is 0.309 e. The van der Waals surface area contributed by atoms with Crippen LogP contribution in [0.1, 0.15) is 40.5 Å². The molecule has 0 amide bonds. The molecule has 0 N–H and O–H groups in total. The smallest absolute Gasteiger partial charge is 0.309 e. The van der Waals surface area contributed by atoms with Crippen LogP contribution in [0, 0.1) is 11.8 Å². The van der Waals surface area contributed by atoms with Gasteiger partial charge in [0.25, 0.3) is 6.73 Å². The molecule has 8 heteroatoms. The number of allylic oxidation sites excluding steroid dienone is 4. The van der Waals surface area contributed by atoms with E-state index in [4.69, 9.17) is 14.2 Å². The Hall–Kier alpha value is -2.06. The predicted molar refractivity (Wildman–Crippen MR) is 129 cm³/mol. The van der Waals surface area contributed by atoms with E-state index in [1.54, 1.807) is 0 Å². The summed E-state index contributed by atoms with van der Waals surface area (Å²) >= 11 is 0. The Morgan fingerprint density at radius 2 is 1.94 bits per heavy atom. The van der Waals surface area contributed by atoms with E-state index in [0.717, 1.165) is 29.5 Å². The minimum Gasteiger partial charge on any atom is -0.469 e. The lowest BCUT2D eigenvalue weighted by Gasteiger charge is -2.22. The van der Waals surface area contributed by atoms with Crippen molar-refractivity contribution >= 4 is 31.9 Å². The van der Waals surface area contributed by atoms with Crippen LogP contribution in [-0.4, -0.2) is 62.7 Å². The van der Waals surface area contributed by atoms with Crippen LogP contribution in [0.15, 0.2) is 28.4 Å². The van der Waals surface area contributed by atoms with Gasteiger partial charge in [-0.05, 0) is 56.4 Å². The van der Waals surface area contributed by atoms with Crippen molar-refractivity contribution in [1.82, 2.24) is 0 Å². The van der Waals surface area contributed by atoms with Crippen LogP contribution in [0.3, 0.4) is 0 Å². The van der Waals surface area contributed by atoms with Gasteiger partial charge in [0.1, 0.15) is 17.2 Å². The number of esters is 2. The molecule has 1 aliphatic heterocycles. The minimum atomic E-state index is -1.12. The number of carbonyl (C=O) groups is 2. The van der Waals surface area contributed by atoms with E-state index in [0.29, 0.717) is 13.2 Å². The topological polar surface area (TPSA) is 77.2 Å². The van der Waals surface area contributed by atoms with E-state index in [9.17, 15) is 9.59 Å². The third-order valence-corrected chi connectivity index (χ3v) is 6.86. The molecule has 0 aromatic carbocycles. The standard InChI is InChI=1S/C24H39N2O5Si/c1-17-11-18(12-19(23(28)29-5)14-21(27)31-24(2,3)4)13-20-15-26(25-22(17)20)16-30-9-10-32(6,7)8/h11,13,15,19-20H,9-10,12,14,16H2,1-8H3/q+1. The molecule has 0 spiro atoms. The van der Waals surface area contributed by atoms with Crippen molar-refractivity contribution in [1.29, 1.82) is 0 Å². The second-order valence-corrected chi connectivity index (χ2v) is 16.4. The lowest BCUT2D eigenvalue weighted by Crippen LogP contribution is -2.28. The van der Waals surface area contributed by atoms with E-state index in [-0.39, 0.29) is 12.3 Å². The summed E-state index contributed by atoms with van der Waals surface area (Å²) < 4.78 is 18.0. The van der Waals surface area contributed by atoms with Crippen LogP contribution >= 0.6 is 0 Å². The van der Waals surface area contributed by atoms with E-state index < -0.39 is 31.5 Å². The molecule has 0 aromatic rings. The summed E-state index contributed by atoms with van der Waals surface area (Å²) in [4.78, 5) is 24.6. The summed E-state index contributed by atoms with van der Waals surface area (Å²) in [5.74, 6) is -1.36. The van der Waals surface area contributed by atoms with Crippen molar-refractivity contribution in [3.05, 3.63) is 23.3 Å². The fourth-order valence-corrected chi connectivity index (χ4v) is 4.36. The Labute approximate surface area is 193 Å². The highest BCUT2D eigenvalue weighted by Gasteiger charge is 2.33. The van der Waals surface area contributed by atoms with Crippen LogP contribution in [-0.2, 0) is 23.8 Å². The highest BCUT2D eigenvalue weighted by Crippen LogP contribution is 2.28. The van der Waals surface area contributed by atoms with Crippen molar-refractivity contribution in [2.45, 2.75) is 71.8 Å². The molecule has 2 unspecified atom stereocenters. The first-order valence-electron chi connectivity index (χ1n) is 11.2. The average Bonchev–Trinajstić information content (AvgIpc) is 3.05. The minimum absolute atomic E-state index is 0.0133. The number of nitrogens with zero attached hydrogens (tertiary/aromatic N) is 2. The van der Waals surface area contributed by atoms with Crippen LogP contribution < -0.4 is 0 Å². The predicted octanol–water partition coefficient (Wildman–Crippen LogP) is 4.17. The molecule has 178 valence electrons. The van der Waals surface area contributed by atoms with Gasteiger partial charge in [0.2, 0.25) is 0 Å². The summed E-state index contributed by atoms with van der Waals surface area (Å²) in [7, 11) is 0.226. The van der Waals surface area contributed by atoms with Crippen molar-refractivity contribution in [2.75, 3.05) is 20.4 Å². The zero-order chi connectivity index (χ0) is 24.1. The summed E-state index contributed by atoms with van der Waals surface area (Å²) in [5, 5.41) is 4.68. The summed E-state index contributed by atoms with van der Waals surface area (Å²) in [5.41, 5.74) is 2.44. The number of hydrazone groups is 1. The second kappa shape index (κ2) is 10.7. The Balaban J connectivity index is 2.04. The van der Waals surface area contributed by atoms with Gasteiger partial charge in [-0.25, -0.2) is 0 Å². The zero-order valence-corrected chi connectivity index (χ0v) is 21.9. The third kappa shape index (κ3) is 8.46. The highest BCUT2D eigenvalue weighted by atomic mass is 28.3. The number of rotatable bonds is 10. The van der Waals surface area contributed by atoms with Gasteiger partial charge in [-0.1, -0.05) is 36.5 Å². The van der Waals surface area contributed by atoms with Gasteiger partial charge in [0, 0.05) is 8.07 Å². The molecule has 0 bridgehead atoms. The van der Waals surface area contributed by atoms with Crippen molar-refractivity contribution in [2.24, 2.45) is 16.9 Å². The Morgan fingerprint density at radius 1 is 1.25 bits per heavy atom.